The van der Waals surface area contributed by atoms with E-state index in [1.54, 1.807) is 4.90 Å². The van der Waals surface area contributed by atoms with E-state index in [1.165, 1.54) is 0 Å². The van der Waals surface area contributed by atoms with Crippen LogP contribution in [0.1, 0.15) is 20.3 Å². The molecule has 0 bridgehead atoms. The number of rotatable bonds is 5. The van der Waals surface area contributed by atoms with Gasteiger partial charge in [0, 0.05) is 32.2 Å². The van der Waals surface area contributed by atoms with E-state index >= 15 is 0 Å². The minimum Gasteiger partial charge on any atom is -0.481 e. The number of carboxylic acid groups (broad SMARTS) is 1. The van der Waals surface area contributed by atoms with Crippen LogP contribution in [0, 0.1) is 5.92 Å². The normalized spacial score (nSPS) is 19.6. The van der Waals surface area contributed by atoms with Crippen LogP contribution in [-0.4, -0.2) is 66.2 Å². The molecule has 0 saturated carbocycles. The van der Waals surface area contributed by atoms with Gasteiger partial charge in [0.15, 0.2) is 0 Å². The van der Waals surface area contributed by atoms with Gasteiger partial charge in [0.2, 0.25) is 0 Å². The first kappa shape index (κ1) is 14.8. The molecule has 1 aliphatic rings. The number of likely N-dealkylation sites (tertiary alicyclic amines) is 1. The first-order valence-corrected chi connectivity index (χ1v) is 6.37. The van der Waals surface area contributed by atoms with Crippen molar-refractivity contribution in [3.8, 4) is 0 Å². The molecule has 0 aromatic rings. The third-order valence-electron chi connectivity index (χ3n) is 3.45. The molecule has 0 radical (unpaired) electrons. The van der Waals surface area contributed by atoms with Crippen LogP contribution < -0.4 is 5.32 Å². The lowest BCUT2D eigenvalue weighted by molar-refractivity contribution is -0.141. The Kier molecular flexibility index (Phi) is 5.40. The molecule has 1 atom stereocenters. The summed E-state index contributed by atoms with van der Waals surface area (Å²) in [6.45, 7) is 6.42. The molecule has 6 heteroatoms. The smallest absolute Gasteiger partial charge is 0.317 e. The number of urea groups is 1. The van der Waals surface area contributed by atoms with Crippen molar-refractivity contribution in [2.45, 2.75) is 26.3 Å². The van der Waals surface area contributed by atoms with Crippen molar-refractivity contribution in [3.63, 3.8) is 0 Å². The molecule has 1 rings (SSSR count). The zero-order valence-electron chi connectivity index (χ0n) is 11.3. The van der Waals surface area contributed by atoms with Crippen LogP contribution in [0.2, 0.25) is 0 Å². The molecule has 0 spiro atoms. The van der Waals surface area contributed by atoms with Crippen molar-refractivity contribution in [2.24, 2.45) is 5.92 Å². The minimum absolute atomic E-state index is 0.157. The van der Waals surface area contributed by atoms with Gasteiger partial charge in [-0.05, 0) is 27.3 Å². The van der Waals surface area contributed by atoms with Crippen LogP contribution in [0.5, 0.6) is 0 Å². The van der Waals surface area contributed by atoms with Crippen molar-refractivity contribution in [1.82, 2.24) is 15.1 Å². The van der Waals surface area contributed by atoms with Gasteiger partial charge < -0.3 is 20.2 Å². The summed E-state index contributed by atoms with van der Waals surface area (Å²) in [5.41, 5.74) is 0. The number of carbonyl (C=O) groups excluding carboxylic acids is 1. The second-order valence-corrected chi connectivity index (χ2v) is 5.08. The van der Waals surface area contributed by atoms with E-state index in [0.29, 0.717) is 32.1 Å². The summed E-state index contributed by atoms with van der Waals surface area (Å²) in [6.07, 6.45) is 0.550. The lowest BCUT2D eigenvalue weighted by Crippen LogP contribution is -2.42. The van der Waals surface area contributed by atoms with Crippen molar-refractivity contribution < 1.29 is 14.7 Å². The summed E-state index contributed by atoms with van der Waals surface area (Å²) in [5.74, 6) is -1.22. The Morgan fingerprint density at radius 2 is 2.17 bits per heavy atom. The fraction of sp³-hybridized carbons (Fsp3) is 0.833. The summed E-state index contributed by atoms with van der Waals surface area (Å²) < 4.78 is 0. The third-order valence-corrected chi connectivity index (χ3v) is 3.45. The first-order chi connectivity index (χ1) is 8.41. The van der Waals surface area contributed by atoms with E-state index in [1.807, 2.05) is 7.05 Å². The average Bonchev–Trinajstić information content (AvgIpc) is 2.77. The lowest BCUT2D eigenvalue weighted by Gasteiger charge is -2.22. The second kappa shape index (κ2) is 6.58. The van der Waals surface area contributed by atoms with E-state index < -0.39 is 11.9 Å². The number of hydrogen-bond donors (Lipinski definition) is 2. The Morgan fingerprint density at radius 3 is 2.67 bits per heavy atom. The summed E-state index contributed by atoms with van der Waals surface area (Å²) in [5, 5.41) is 11.7. The number of nitrogens with one attached hydrogen (secondary N) is 1. The Morgan fingerprint density at radius 1 is 1.50 bits per heavy atom. The van der Waals surface area contributed by atoms with Gasteiger partial charge >= 0.3 is 12.0 Å². The molecule has 1 saturated heterocycles. The van der Waals surface area contributed by atoms with Crippen LogP contribution in [0.4, 0.5) is 4.79 Å². The maximum Gasteiger partial charge on any atom is 0.317 e. The fourth-order valence-electron chi connectivity index (χ4n) is 1.86. The van der Waals surface area contributed by atoms with E-state index in [2.05, 4.69) is 24.1 Å². The van der Waals surface area contributed by atoms with Crippen molar-refractivity contribution in [2.75, 3.05) is 33.2 Å². The van der Waals surface area contributed by atoms with Crippen molar-refractivity contribution in [1.29, 1.82) is 0 Å². The Balaban J connectivity index is 2.24. The van der Waals surface area contributed by atoms with Gasteiger partial charge in [-0.1, -0.05) is 0 Å². The molecule has 1 unspecified atom stereocenters. The predicted octanol–water partition coefficient (Wildman–Crippen LogP) is 0.443. The SMILES string of the molecule is CC(C)N(C)CCNC(=O)N1CCC(C(=O)O)C1. The zero-order valence-corrected chi connectivity index (χ0v) is 11.3. The van der Waals surface area contributed by atoms with Crippen LogP contribution in [0.25, 0.3) is 0 Å². The summed E-state index contributed by atoms with van der Waals surface area (Å²) in [4.78, 5) is 26.3. The van der Waals surface area contributed by atoms with Gasteiger partial charge in [-0.25, -0.2) is 4.79 Å². The summed E-state index contributed by atoms with van der Waals surface area (Å²) in [7, 11) is 2.01. The van der Waals surface area contributed by atoms with Crippen LogP contribution in [-0.2, 0) is 4.79 Å². The van der Waals surface area contributed by atoms with Crippen molar-refractivity contribution >= 4 is 12.0 Å². The number of carboxylic acids is 1. The van der Waals surface area contributed by atoms with Crippen LogP contribution in [0.3, 0.4) is 0 Å². The van der Waals surface area contributed by atoms with Crippen LogP contribution >= 0.6 is 0 Å². The molecule has 6 nitrogen and oxygen atoms in total. The number of aliphatic carboxylic acids is 1. The Labute approximate surface area is 108 Å². The average molecular weight is 257 g/mol. The van der Waals surface area contributed by atoms with Gasteiger partial charge in [0.25, 0.3) is 0 Å². The van der Waals surface area contributed by atoms with Gasteiger partial charge in [-0.15, -0.1) is 0 Å². The zero-order chi connectivity index (χ0) is 13.7. The van der Waals surface area contributed by atoms with Crippen LogP contribution in [0.15, 0.2) is 0 Å². The minimum atomic E-state index is -0.815. The molecule has 0 aromatic carbocycles. The molecule has 18 heavy (non-hydrogen) atoms. The van der Waals surface area contributed by atoms with Crippen molar-refractivity contribution in [3.05, 3.63) is 0 Å². The Hall–Kier alpha value is -1.30. The largest absolute Gasteiger partial charge is 0.481 e. The summed E-state index contributed by atoms with van der Waals surface area (Å²) >= 11 is 0. The fourth-order valence-corrected chi connectivity index (χ4v) is 1.86. The molecule has 104 valence electrons. The highest BCUT2D eigenvalue weighted by Crippen LogP contribution is 2.15. The molecule has 0 aliphatic carbocycles. The third kappa shape index (κ3) is 4.18. The molecule has 2 N–H and O–H groups in total. The molecule has 2 amide bonds. The molecule has 1 heterocycles. The Bertz CT molecular complexity index is 307. The molecule has 1 fully saturated rings. The molecule has 0 aromatic heterocycles. The quantitative estimate of drug-likeness (QED) is 0.749. The highest BCUT2D eigenvalue weighted by Gasteiger charge is 2.30. The van der Waals surface area contributed by atoms with Gasteiger partial charge in [-0.2, -0.15) is 0 Å². The van der Waals surface area contributed by atoms with E-state index in [0.717, 1.165) is 6.54 Å². The standard InChI is InChI=1S/C12H23N3O3/c1-9(2)14(3)7-5-13-12(18)15-6-4-10(8-15)11(16)17/h9-10H,4-8H2,1-3H3,(H,13,18)(H,16,17). The van der Waals surface area contributed by atoms with E-state index in [4.69, 9.17) is 5.11 Å². The number of amides is 2. The second-order valence-electron chi connectivity index (χ2n) is 5.08. The summed E-state index contributed by atoms with van der Waals surface area (Å²) in [6, 6.07) is 0.293. The highest BCUT2D eigenvalue weighted by atomic mass is 16.4. The molecule has 1 aliphatic heterocycles. The maximum atomic E-state index is 11.8. The number of likely N-dealkylation sites (N-methyl/N-ethyl adjacent to an activating group) is 1. The van der Waals surface area contributed by atoms with Gasteiger partial charge in [0.1, 0.15) is 0 Å². The topological polar surface area (TPSA) is 72.9 Å². The lowest BCUT2D eigenvalue weighted by atomic mass is 10.1. The van der Waals surface area contributed by atoms with E-state index in [9.17, 15) is 9.59 Å². The van der Waals surface area contributed by atoms with Gasteiger partial charge in [0.05, 0.1) is 5.92 Å². The number of hydrogen-bond acceptors (Lipinski definition) is 3. The van der Waals surface area contributed by atoms with Gasteiger partial charge in [-0.3, -0.25) is 4.79 Å². The monoisotopic (exact) mass is 257 g/mol. The van der Waals surface area contributed by atoms with E-state index in [-0.39, 0.29) is 6.03 Å². The maximum absolute atomic E-state index is 11.8. The highest BCUT2D eigenvalue weighted by molar-refractivity contribution is 5.77. The predicted molar refractivity (Wildman–Crippen MR) is 68.5 cm³/mol. The number of carbonyl (C=O) groups is 2. The number of nitrogens with zero attached hydrogens (tertiary/aromatic N) is 2. The molecular weight excluding hydrogens is 234 g/mol. The molecular formula is C12H23N3O3. The first-order valence-electron chi connectivity index (χ1n) is 6.37.